The van der Waals surface area contributed by atoms with Crippen molar-refractivity contribution in [3.63, 3.8) is 0 Å². The molecule has 0 spiro atoms. The van der Waals surface area contributed by atoms with Gasteiger partial charge >= 0.3 is 0 Å². The summed E-state index contributed by atoms with van der Waals surface area (Å²) in [5.41, 5.74) is 3.04. The number of carbonyl (C=O) groups excluding carboxylic acids is 3. The molecule has 0 radical (unpaired) electrons. The molecule has 1 fully saturated rings. The molecule has 2 amide bonds. The highest BCUT2D eigenvalue weighted by Gasteiger charge is 2.21. The van der Waals surface area contributed by atoms with Crippen molar-refractivity contribution in [1.82, 2.24) is 10.3 Å². The molecule has 1 saturated heterocycles. The molecule has 2 aromatic rings. The third-order valence-corrected chi connectivity index (χ3v) is 4.06. The van der Waals surface area contributed by atoms with Crippen LogP contribution < -0.4 is 10.2 Å². The number of aldehydes is 1. The summed E-state index contributed by atoms with van der Waals surface area (Å²) in [6.45, 7) is 1.20. The van der Waals surface area contributed by atoms with Gasteiger partial charge in [-0.05, 0) is 36.2 Å². The summed E-state index contributed by atoms with van der Waals surface area (Å²) in [5.74, 6) is 0.0461. The number of amides is 2. The summed E-state index contributed by atoms with van der Waals surface area (Å²) in [4.78, 5) is 38.9. The number of nitrogens with zero attached hydrogens (tertiary/aromatic N) is 1. The first-order valence-corrected chi connectivity index (χ1v) is 7.95. The summed E-state index contributed by atoms with van der Waals surface area (Å²) in [6.07, 6.45) is 2.44. The zero-order chi connectivity index (χ0) is 16.9. The van der Waals surface area contributed by atoms with E-state index in [-0.39, 0.29) is 18.2 Å². The molecule has 1 aromatic heterocycles. The van der Waals surface area contributed by atoms with Crippen LogP contribution in [0.15, 0.2) is 36.4 Å². The van der Waals surface area contributed by atoms with Crippen LogP contribution in [0.25, 0.3) is 0 Å². The van der Waals surface area contributed by atoms with Gasteiger partial charge in [-0.25, -0.2) is 0 Å². The van der Waals surface area contributed by atoms with E-state index < -0.39 is 0 Å². The summed E-state index contributed by atoms with van der Waals surface area (Å²) < 4.78 is 0. The van der Waals surface area contributed by atoms with Gasteiger partial charge in [0.25, 0.3) is 0 Å². The summed E-state index contributed by atoms with van der Waals surface area (Å²) >= 11 is 0. The molecule has 0 saturated carbocycles. The van der Waals surface area contributed by atoms with Crippen LogP contribution in [0.2, 0.25) is 0 Å². The van der Waals surface area contributed by atoms with Crippen LogP contribution in [0.4, 0.5) is 5.69 Å². The molecule has 6 nitrogen and oxygen atoms in total. The van der Waals surface area contributed by atoms with E-state index >= 15 is 0 Å². The summed E-state index contributed by atoms with van der Waals surface area (Å²) in [6, 6.07) is 11.0. The van der Waals surface area contributed by atoms with E-state index in [2.05, 4.69) is 10.3 Å². The predicted molar refractivity (Wildman–Crippen MR) is 89.8 cm³/mol. The normalized spacial score (nSPS) is 14.0. The Morgan fingerprint density at radius 1 is 1.21 bits per heavy atom. The zero-order valence-corrected chi connectivity index (χ0v) is 13.2. The molecule has 1 aromatic carbocycles. The summed E-state index contributed by atoms with van der Waals surface area (Å²) in [5, 5.41) is 2.84. The first-order chi connectivity index (χ1) is 11.7. The van der Waals surface area contributed by atoms with Gasteiger partial charge in [-0.2, -0.15) is 0 Å². The van der Waals surface area contributed by atoms with Crippen molar-refractivity contribution in [2.75, 3.05) is 11.4 Å². The zero-order valence-electron chi connectivity index (χ0n) is 13.2. The quantitative estimate of drug-likeness (QED) is 0.795. The van der Waals surface area contributed by atoms with Crippen LogP contribution in [0.5, 0.6) is 0 Å². The number of H-pyrrole nitrogens is 1. The first kappa shape index (κ1) is 16.0. The van der Waals surface area contributed by atoms with Gasteiger partial charge < -0.3 is 15.2 Å². The van der Waals surface area contributed by atoms with Crippen LogP contribution in [-0.4, -0.2) is 29.6 Å². The van der Waals surface area contributed by atoms with E-state index in [1.54, 1.807) is 17.0 Å². The maximum Gasteiger partial charge on any atom is 0.227 e. The highest BCUT2D eigenvalue weighted by molar-refractivity contribution is 5.95. The fourth-order valence-corrected chi connectivity index (χ4v) is 2.78. The smallest absolute Gasteiger partial charge is 0.227 e. The lowest BCUT2D eigenvalue weighted by Crippen LogP contribution is -2.25. The van der Waals surface area contributed by atoms with Gasteiger partial charge in [0.2, 0.25) is 11.8 Å². The lowest BCUT2D eigenvalue weighted by Gasteiger charge is -2.16. The Balaban J connectivity index is 1.51. The van der Waals surface area contributed by atoms with Gasteiger partial charge in [0, 0.05) is 30.9 Å². The molecule has 6 heteroatoms. The number of carbonyl (C=O) groups is 3. The fourth-order valence-electron chi connectivity index (χ4n) is 2.78. The second-order valence-corrected chi connectivity index (χ2v) is 5.83. The third kappa shape index (κ3) is 3.71. The molecule has 0 unspecified atom stereocenters. The number of nitrogens with one attached hydrogen (secondary N) is 2. The van der Waals surface area contributed by atoms with Crippen molar-refractivity contribution in [3.8, 4) is 0 Å². The molecule has 3 rings (SSSR count). The van der Waals surface area contributed by atoms with Crippen molar-refractivity contribution in [2.24, 2.45) is 0 Å². The number of benzene rings is 1. The van der Waals surface area contributed by atoms with Crippen molar-refractivity contribution < 1.29 is 14.4 Å². The molecule has 2 heterocycles. The molecule has 0 atom stereocenters. The van der Waals surface area contributed by atoms with Crippen molar-refractivity contribution in [1.29, 1.82) is 0 Å². The molecule has 124 valence electrons. The highest BCUT2D eigenvalue weighted by atomic mass is 16.2. The minimum Gasteiger partial charge on any atom is -0.356 e. The topological polar surface area (TPSA) is 82.3 Å². The van der Waals surface area contributed by atoms with Gasteiger partial charge in [0.15, 0.2) is 6.29 Å². The van der Waals surface area contributed by atoms with Crippen molar-refractivity contribution in [2.45, 2.75) is 25.8 Å². The average molecular weight is 325 g/mol. The maximum absolute atomic E-state index is 11.9. The SMILES string of the molecule is O=Cc1ccc(CC(=O)NCc2ccc(N3CCCC3=O)cc2)[nH]1. The maximum atomic E-state index is 11.9. The molecule has 2 N–H and O–H groups in total. The van der Waals surface area contributed by atoms with Gasteiger partial charge in [0.1, 0.15) is 0 Å². The standard InChI is InChI=1S/C18H19N3O3/c22-12-15-6-5-14(20-15)10-17(23)19-11-13-3-7-16(8-4-13)21-9-1-2-18(21)24/h3-8,12,20H,1-2,9-11H2,(H,19,23). The molecular weight excluding hydrogens is 306 g/mol. The Morgan fingerprint density at radius 2 is 2.00 bits per heavy atom. The van der Waals surface area contributed by atoms with Crippen LogP contribution >= 0.6 is 0 Å². The number of anilines is 1. The monoisotopic (exact) mass is 325 g/mol. The van der Waals surface area contributed by atoms with Gasteiger partial charge in [-0.1, -0.05) is 12.1 Å². The van der Waals surface area contributed by atoms with E-state index in [4.69, 9.17) is 0 Å². The predicted octanol–water partition coefficient (Wildman–Crippen LogP) is 1.81. The van der Waals surface area contributed by atoms with Gasteiger partial charge in [-0.3, -0.25) is 14.4 Å². The Kier molecular flexibility index (Phi) is 4.74. The summed E-state index contributed by atoms with van der Waals surface area (Å²) in [7, 11) is 0. The minimum absolute atomic E-state index is 0.118. The number of hydrogen-bond donors (Lipinski definition) is 2. The van der Waals surface area contributed by atoms with Crippen LogP contribution in [0, 0.1) is 0 Å². The highest BCUT2D eigenvalue weighted by Crippen LogP contribution is 2.21. The molecule has 1 aliphatic rings. The average Bonchev–Trinajstić information content (AvgIpc) is 3.22. The van der Waals surface area contributed by atoms with E-state index in [9.17, 15) is 14.4 Å². The van der Waals surface area contributed by atoms with Crippen molar-refractivity contribution in [3.05, 3.63) is 53.3 Å². The molecule has 24 heavy (non-hydrogen) atoms. The van der Waals surface area contributed by atoms with E-state index in [1.807, 2.05) is 24.3 Å². The fraction of sp³-hybridized carbons (Fsp3) is 0.278. The minimum atomic E-state index is -0.118. The number of rotatable bonds is 6. The van der Waals surface area contributed by atoms with Gasteiger partial charge in [-0.15, -0.1) is 0 Å². The van der Waals surface area contributed by atoms with Crippen molar-refractivity contribution >= 4 is 23.8 Å². The Labute approximate surface area is 139 Å². The molecule has 0 bridgehead atoms. The lowest BCUT2D eigenvalue weighted by atomic mass is 10.2. The Morgan fingerprint density at radius 3 is 2.62 bits per heavy atom. The largest absolute Gasteiger partial charge is 0.356 e. The lowest BCUT2D eigenvalue weighted by molar-refractivity contribution is -0.120. The van der Waals surface area contributed by atoms with Crippen LogP contribution in [0.3, 0.4) is 0 Å². The Hall–Kier alpha value is -2.89. The van der Waals surface area contributed by atoms with E-state index in [1.165, 1.54) is 0 Å². The molecular formula is C18H19N3O3. The second-order valence-electron chi connectivity index (χ2n) is 5.83. The first-order valence-electron chi connectivity index (χ1n) is 7.95. The Bertz CT molecular complexity index is 749. The van der Waals surface area contributed by atoms with E-state index in [0.29, 0.717) is 30.6 Å². The van der Waals surface area contributed by atoms with E-state index in [0.717, 1.165) is 24.2 Å². The third-order valence-electron chi connectivity index (χ3n) is 4.06. The second kappa shape index (κ2) is 7.12. The number of hydrogen-bond acceptors (Lipinski definition) is 3. The van der Waals surface area contributed by atoms with Gasteiger partial charge in [0.05, 0.1) is 12.1 Å². The number of aromatic amines is 1. The molecule has 0 aliphatic carbocycles. The molecule has 1 aliphatic heterocycles. The van der Waals surface area contributed by atoms with Crippen LogP contribution in [0.1, 0.15) is 34.6 Å². The van der Waals surface area contributed by atoms with Crippen LogP contribution in [-0.2, 0) is 22.6 Å². The number of aromatic nitrogens is 1.